The van der Waals surface area contributed by atoms with Crippen LogP contribution in [0.15, 0.2) is 36.5 Å². The number of rotatable bonds is 4. The van der Waals surface area contributed by atoms with E-state index in [2.05, 4.69) is 15.6 Å². The molecule has 2 aromatic rings. The van der Waals surface area contributed by atoms with Gasteiger partial charge in [-0.3, -0.25) is 14.6 Å². The Morgan fingerprint density at radius 2 is 1.72 bits per heavy atom. The zero-order valence-corrected chi connectivity index (χ0v) is 13.4. The van der Waals surface area contributed by atoms with Crippen molar-refractivity contribution in [3.8, 4) is 0 Å². The van der Waals surface area contributed by atoms with Crippen LogP contribution in [-0.2, 0) is 0 Å². The zero-order chi connectivity index (χ0) is 17.8. The number of carbonyl (C=O) groups is 2. The molecule has 0 radical (unpaired) electrons. The van der Waals surface area contributed by atoms with E-state index in [-0.39, 0.29) is 23.2 Å². The van der Waals surface area contributed by atoms with Gasteiger partial charge in [0, 0.05) is 17.8 Å². The molecule has 0 atom stereocenters. The number of nitrogens with one attached hydrogen (secondary N) is 2. The summed E-state index contributed by atoms with van der Waals surface area (Å²) in [7, 11) is 0. The maximum atomic E-state index is 13.6. The van der Waals surface area contributed by atoms with E-state index in [4.69, 9.17) is 0 Å². The second-order valence-electron chi connectivity index (χ2n) is 5.94. The van der Waals surface area contributed by atoms with Gasteiger partial charge in [0.15, 0.2) is 0 Å². The van der Waals surface area contributed by atoms with Crippen LogP contribution in [-0.4, -0.2) is 22.8 Å². The Kier molecular flexibility index (Phi) is 5.02. The standard InChI is InChI=1S/C18H17F2N3O2/c19-13-6-3-7-14(20)16(13)23-18(25)15-10-11(8-9-21-15)17(24)22-12-4-1-2-5-12/h3,6-10,12H,1-2,4-5H2,(H,22,24)(H,23,25). The fourth-order valence-corrected chi connectivity index (χ4v) is 2.83. The van der Waals surface area contributed by atoms with Gasteiger partial charge in [-0.1, -0.05) is 18.9 Å². The third-order valence-electron chi connectivity index (χ3n) is 4.15. The van der Waals surface area contributed by atoms with E-state index < -0.39 is 23.2 Å². The molecule has 7 heteroatoms. The lowest BCUT2D eigenvalue weighted by atomic mass is 10.1. The van der Waals surface area contributed by atoms with Crippen molar-refractivity contribution in [1.82, 2.24) is 10.3 Å². The monoisotopic (exact) mass is 345 g/mol. The zero-order valence-electron chi connectivity index (χ0n) is 13.4. The Bertz CT molecular complexity index is 784. The van der Waals surface area contributed by atoms with Gasteiger partial charge in [-0.25, -0.2) is 8.78 Å². The fraction of sp³-hybridized carbons (Fsp3) is 0.278. The highest BCUT2D eigenvalue weighted by atomic mass is 19.1. The predicted molar refractivity (Wildman–Crippen MR) is 88.3 cm³/mol. The Morgan fingerprint density at radius 1 is 1.04 bits per heavy atom. The minimum Gasteiger partial charge on any atom is -0.349 e. The van der Waals surface area contributed by atoms with Gasteiger partial charge in [0.05, 0.1) is 0 Å². The molecule has 0 spiro atoms. The molecule has 0 bridgehead atoms. The van der Waals surface area contributed by atoms with Gasteiger partial charge in [-0.2, -0.15) is 0 Å². The Labute approximate surface area is 143 Å². The normalized spacial score (nSPS) is 14.3. The average Bonchev–Trinajstić information content (AvgIpc) is 3.11. The third-order valence-corrected chi connectivity index (χ3v) is 4.15. The Balaban J connectivity index is 1.74. The van der Waals surface area contributed by atoms with Gasteiger partial charge in [0.25, 0.3) is 11.8 Å². The van der Waals surface area contributed by atoms with Crippen LogP contribution in [0.3, 0.4) is 0 Å². The van der Waals surface area contributed by atoms with E-state index in [1.807, 2.05) is 0 Å². The lowest BCUT2D eigenvalue weighted by molar-refractivity contribution is 0.0937. The van der Waals surface area contributed by atoms with E-state index in [9.17, 15) is 18.4 Å². The minimum absolute atomic E-state index is 0.0956. The number of hydrogen-bond donors (Lipinski definition) is 2. The molecule has 0 saturated heterocycles. The maximum absolute atomic E-state index is 13.6. The molecule has 1 heterocycles. The molecule has 1 aromatic heterocycles. The molecule has 2 amide bonds. The quantitative estimate of drug-likeness (QED) is 0.893. The number of pyridine rings is 1. The highest BCUT2D eigenvalue weighted by molar-refractivity contribution is 6.04. The van der Waals surface area contributed by atoms with Gasteiger partial charge in [0.1, 0.15) is 23.0 Å². The van der Waals surface area contributed by atoms with E-state index in [0.717, 1.165) is 37.8 Å². The number of nitrogens with zero attached hydrogens (tertiary/aromatic N) is 1. The number of para-hydroxylation sites is 1. The molecule has 130 valence electrons. The van der Waals surface area contributed by atoms with Gasteiger partial charge >= 0.3 is 0 Å². The summed E-state index contributed by atoms with van der Waals surface area (Å²) in [5.74, 6) is -2.85. The lowest BCUT2D eigenvalue weighted by Gasteiger charge is -2.12. The van der Waals surface area contributed by atoms with Crippen molar-refractivity contribution in [3.63, 3.8) is 0 Å². The molecule has 2 N–H and O–H groups in total. The van der Waals surface area contributed by atoms with Crippen molar-refractivity contribution in [2.75, 3.05) is 5.32 Å². The van der Waals surface area contributed by atoms with Crippen LogP contribution in [0.5, 0.6) is 0 Å². The van der Waals surface area contributed by atoms with E-state index in [1.54, 1.807) is 0 Å². The number of amides is 2. The van der Waals surface area contributed by atoms with Gasteiger partial charge < -0.3 is 10.6 Å². The third kappa shape index (κ3) is 3.99. The van der Waals surface area contributed by atoms with E-state index >= 15 is 0 Å². The first-order valence-electron chi connectivity index (χ1n) is 8.07. The Morgan fingerprint density at radius 3 is 2.40 bits per heavy atom. The topological polar surface area (TPSA) is 71.1 Å². The molecule has 5 nitrogen and oxygen atoms in total. The SMILES string of the molecule is O=C(NC1CCCC1)c1ccnc(C(=O)Nc2c(F)cccc2F)c1. The Hall–Kier alpha value is -2.83. The molecule has 1 fully saturated rings. The molecular formula is C18H17F2N3O2. The molecule has 1 saturated carbocycles. The summed E-state index contributed by atoms with van der Waals surface area (Å²) in [6.07, 6.45) is 5.37. The first-order chi connectivity index (χ1) is 12.0. The maximum Gasteiger partial charge on any atom is 0.274 e. The summed E-state index contributed by atoms with van der Waals surface area (Å²) in [5.41, 5.74) is -0.363. The van der Waals surface area contributed by atoms with Crippen LogP contribution in [0.2, 0.25) is 0 Å². The molecule has 3 rings (SSSR count). The summed E-state index contributed by atoms with van der Waals surface area (Å²) >= 11 is 0. The van der Waals surface area contributed by atoms with Crippen LogP contribution in [0.1, 0.15) is 46.5 Å². The highest BCUT2D eigenvalue weighted by Gasteiger charge is 2.20. The van der Waals surface area contributed by atoms with Crippen molar-refractivity contribution < 1.29 is 18.4 Å². The number of hydrogen-bond acceptors (Lipinski definition) is 3. The van der Waals surface area contributed by atoms with E-state index in [0.29, 0.717) is 0 Å². The van der Waals surface area contributed by atoms with Crippen LogP contribution in [0, 0.1) is 11.6 Å². The lowest BCUT2D eigenvalue weighted by Crippen LogP contribution is -2.32. The van der Waals surface area contributed by atoms with Gasteiger partial charge in [-0.15, -0.1) is 0 Å². The minimum atomic E-state index is -0.886. The summed E-state index contributed by atoms with van der Waals surface area (Å²) in [6, 6.07) is 6.22. The van der Waals surface area contributed by atoms with Crippen molar-refractivity contribution in [3.05, 3.63) is 59.4 Å². The van der Waals surface area contributed by atoms with E-state index in [1.165, 1.54) is 24.4 Å². The largest absolute Gasteiger partial charge is 0.349 e. The van der Waals surface area contributed by atoms with Crippen LogP contribution in [0.25, 0.3) is 0 Å². The van der Waals surface area contributed by atoms with Crippen molar-refractivity contribution in [2.24, 2.45) is 0 Å². The number of carbonyl (C=O) groups excluding carboxylic acids is 2. The summed E-state index contributed by atoms with van der Waals surface area (Å²) in [5, 5.41) is 5.06. The molecule has 1 aliphatic carbocycles. The first kappa shape index (κ1) is 17.0. The average molecular weight is 345 g/mol. The molecular weight excluding hydrogens is 328 g/mol. The van der Waals surface area contributed by atoms with Crippen LogP contribution >= 0.6 is 0 Å². The summed E-state index contributed by atoms with van der Waals surface area (Å²) in [4.78, 5) is 28.3. The fourth-order valence-electron chi connectivity index (χ4n) is 2.83. The second kappa shape index (κ2) is 7.38. The molecule has 0 aliphatic heterocycles. The smallest absolute Gasteiger partial charge is 0.274 e. The highest BCUT2D eigenvalue weighted by Crippen LogP contribution is 2.20. The summed E-state index contributed by atoms with van der Waals surface area (Å²) < 4.78 is 27.2. The molecule has 1 aliphatic rings. The van der Waals surface area contributed by atoms with Crippen molar-refractivity contribution in [1.29, 1.82) is 0 Å². The number of aromatic nitrogens is 1. The first-order valence-corrected chi connectivity index (χ1v) is 8.07. The van der Waals surface area contributed by atoms with Crippen molar-refractivity contribution in [2.45, 2.75) is 31.7 Å². The molecule has 1 aromatic carbocycles. The van der Waals surface area contributed by atoms with Gasteiger partial charge in [-0.05, 0) is 37.1 Å². The number of benzene rings is 1. The number of anilines is 1. The number of halogens is 2. The molecule has 25 heavy (non-hydrogen) atoms. The van der Waals surface area contributed by atoms with Crippen molar-refractivity contribution >= 4 is 17.5 Å². The second-order valence-corrected chi connectivity index (χ2v) is 5.94. The predicted octanol–water partition coefficient (Wildman–Crippen LogP) is 3.28. The van der Waals surface area contributed by atoms with Crippen LogP contribution in [0.4, 0.5) is 14.5 Å². The molecule has 0 unspecified atom stereocenters. The summed E-state index contributed by atoms with van der Waals surface area (Å²) in [6.45, 7) is 0. The van der Waals surface area contributed by atoms with Gasteiger partial charge in [0.2, 0.25) is 0 Å². The van der Waals surface area contributed by atoms with Crippen LogP contribution < -0.4 is 10.6 Å².